The van der Waals surface area contributed by atoms with Gasteiger partial charge in [-0.2, -0.15) is 0 Å². The number of nitrogens with zero attached hydrogens (tertiary/aromatic N) is 2. The second-order valence-corrected chi connectivity index (χ2v) is 5.99. The van der Waals surface area contributed by atoms with E-state index in [1.54, 1.807) is 0 Å². The number of carbonyl (C=O) groups is 1. The average molecular weight is 290 g/mol. The van der Waals surface area contributed by atoms with Gasteiger partial charge in [0.05, 0.1) is 18.6 Å². The minimum Gasteiger partial charge on any atom is -0.493 e. The first kappa shape index (κ1) is 14.4. The summed E-state index contributed by atoms with van der Waals surface area (Å²) in [7, 11) is 2.11. The van der Waals surface area contributed by atoms with Crippen molar-refractivity contribution in [2.45, 2.75) is 18.4 Å². The second kappa shape index (κ2) is 5.66. The molecule has 1 atom stereocenters. The molecule has 0 aromatic heterocycles. The van der Waals surface area contributed by atoms with E-state index in [1.165, 1.54) is 0 Å². The Bertz CT molecular complexity index is 526. The maximum Gasteiger partial charge on any atom is 0.305 e. The number of fused-ring (bicyclic) bond motifs is 1. The van der Waals surface area contributed by atoms with Gasteiger partial charge in [-0.3, -0.25) is 9.69 Å². The summed E-state index contributed by atoms with van der Waals surface area (Å²) in [6.07, 6.45) is 0.872. The Hall–Kier alpha value is -1.59. The van der Waals surface area contributed by atoms with E-state index in [2.05, 4.69) is 16.8 Å². The molecule has 2 heterocycles. The number of rotatable bonds is 3. The molecule has 0 saturated carbocycles. The number of para-hydroxylation sites is 1. The SMILES string of the molecule is CN1CCN(C2(CC(=O)O)CCOc3ccccc32)CC1. The van der Waals surface area contributed by atoms with Gasteiger partial charge in [-0.05, 0) is 13.1 Å². The summed E-state index contributed by atoms with van der Waals surface area (Å²) in [5.41, 5.74) is 0.602. The van der Waals surface area contributed by atoms with Crippen molar-refractivity contribution in [3.05, 3.63) is 29.8 Å². The molecule has 114 valence electrons. The van der Waals surface area contributed by atoms with Crippen molar-refractivity contribution in [1.82, 2.24) is 9.80 Å². The van der Waals surface area contributed by atoms with Gasteiger partial charge in [0.2, 0.25) is 0 Å². The molecule has 1 saturated heterocycles. The number of carboxylic acids is 1. The largest absolute Gasteiger partial charge is 0.493 e. The van der Waals surface area contributed by atoms with Crippen molar-refractivity contribution in [3.8, 4) is 5.75 Å². The van der Waals surface area contributed by atoms with Crippen LogP contribution in [0.5, 0.6) is 5.75 Å². The molecule has 3 rings (SSSR count). The Morgan fingerprint density at radius 2 is 2.00 bits per heavy atom. The predicted molar refractivity (Wildman–Crippen MR) is 79.6 cm³/mol. The third kappa shape index (κ3) is 2.63. The summed E-state index contributed by atoms with van der Waals surface area (Å²) in [4.78, 5) is 16.1. The number of piperazine rings is 1. The Balaban J connectivity index is 2.00. The number of hydrogen-bond donors (Lipinski definition) is 1. The van der Waals surface area contributed by atoms with Gasteiger partial charge in [-0.25, -0.2) is 0 Å². The van der Waals surface area contributed by atoms with Crippen molar-refractivity contribution < 1.29 is 14.6 Å². The third-order valence-corrected chi connectivity index (χ3v) is 4.71. The molecule has 0 amide bonds. The van der Waals surface area contributed by atoms with E-state index < -0.39 is 11.5 Å². The van der Waals surface area contributed by atoms with Gasteiger partial charge < -0.3 is 14.7 Å². The lowest BCUT2D eigenvalue weighted by atomic mass is 9.79. The van der Waals surface area contributed by atoms with Crippen LogP contribution in [-0.4, -0.2) is 60.7 Å². The Kier molecular flexibility index (Phi) is 3.87. The molecular formula is C16H22N2O3. The monoisotopic (exact) mass is 290 g/mol. The fourth-order valence-electron chi connectivity index (χ4n) is 3.55. The van der Waals surface area contributed by atoms with Crippen LogP contribution in [0, 0.1) is 0 Å². The molecule has 1 N–H and O–H groups in total. The van der Waals surface area contributed by atoms with Crippen LogP contribution in [0.25, 0.3) is 0 Å². The van der Waals surface area contributed by atoms with Gasteiger partial charge in [-0.15, -0.1) is 0 Å². The van der Waals surface area contributed by atoms with Crippen molar-refractivity contribution in [2.75, 3.05) is 39.8 Å². The van der Waals surface area contributed by atoms with Crippen molar-refractivity contribution in [1.29, 1.82) is 0 Å². The second-order valence-electron chi connectivity index (χ2n) is 5.99. The fraction of sp³-hybridized carbons (Fsp3) is 0.562. The molecule has 21 heavy (non-hydrogen) atoms. The van der Waals surface area contributed by atoms with E-state index in [1.807, 2.05) is 24.3 Å². The molecule has 0 spiro atoms. The maximum absolute atomic E-state index is 11.5. The highest BCUT2D eigenvalue weighted by atomic mass is 16.5. The Morgan fingerprint density at radius 1 is 1.29 bits per heavy atom. The molecular weight excluding hydrogens is 268 g/mol. The van der Waals surface area contributed by atoms with Crippen LogP contribution < -0.4 is 4.74 Å². The van der Waals surface area contributed by atoms with Crippen molar-refractivity contribution in [3.63, 3.8) is 0 Å². The number of carboxylic acid groups (broad SMARTS) is 1. The summed E-state index contributed by atoms with van der Waals surface area (Å²) in [5, 5.41) is 9.46. The first-order chi connectivity index (χ1) is 10.1. The van der Waals surface area contributed by atoms with Crippen LogP contribution in [0.3, 0.4) is 0 Å². The van der Waals surface area contributed by atoms with Gasteiger partial charge >= 0.3 is 5.97 Å². The first-order valence-electron chi connectivity index (χ1n) is 7.49. The lowest BCUT2D eigenvalue weighted by Crippen LogP contribution is -2.57. The molecule has 5 nitrogen and oxygen atoms in total. The first-order valence-corrected chi connectivity index (χ1v) is 7.49. The topological polar surface area (TPSA) is 53.0 Å². The fourth-order valence-corrected chi connectivity index (χ4v) is 3.55. The zero-order valence-corrected chi connectivity index (χ0v) is 12.4. The van der Waals surface area contributed by atoms with Crippen molar-refractivity contribution in [2.24, 2.45) is 0 Å². The van der Waals surface area contributed by atoms with Gasteiger partial charge in [0.15, 0.2) is 0 Å². The smallest absolute Gasteiger partial charge is 0.305 e. The highest BCUT2D eigenvalue weighted by Gasteiger charge is 2.45. The highest BCUT2D eigenvalue weighted by Crippen LogP contribution is 2.44. The zero-order valence-electron chi connectivity index (χ0n) is 12.4. The van der Waals surface area contributed by atoms with E-state index in [0.29, 0.717) is 6.61 Å². The summed E-state index contributed by atoms with van der Waals surface area (Å²) >= 11 is 0. The minimum absolute atomic E-state index is 0.136. The van der Waals surface area contributed by atoms with Gasteiger partial charge in [0.25, 0.3) is 0 Å². The predicted octanol–water partition coefficient (Wildman–Crippen LogP) is 1.39. The van der Waals surface area contributed by atoms with E-state index >= 15 is 0 Å². The molecule has 1 fully saturated rings. The number of likely N-dealkylation sites (N-methyl/N-ethyl adjacent to an activating group) is 1. The maximum atomic E-state index is 11.5. The molecule has 0 aliphatic carbocycles. The lowest BCUT2D eigenvalue weighted by molar-refractivity contribution is -0.142. The lowest BCUT2D eigenvalue weighted by Gasteiger charge is -2.49. The van der Waals surface area contributed by atoms with E-state index in [9.17, 15) is 9.90 Å². The quantitative estimate of drug-likeness (QED) is 0.911. The van der Waals surface area contributed by atoms with E-state index in [0.717, 1.165) is 43.9 Å². The Morgan fingerprint density at radius 3 is 2.71 bits per heavy atom. The zero-order chi connectivity index (χ0) is 14.9. The summed E-state index contributed by atoms with van der Waals surface area (Å²) in [6.45, 7) is 4.33. The van der Waals surface area contributed by atoms with Crippen LogP contribution in [0.1, 0.15) is 18.4 Å². The average Bonchev–Trinajstić information content (AvgIpc) is 2.47. The number of aliphatic carboxylic acids is 1. The molecule has 0 bridgehead atoms. The normalized spacial score (nSPS) is 26.9. The van der Waals surface area contributed by atoms with Crippen molar-refractivity contribution >= 4 is 5.97 Å². The van der Waals surface area contributed by atoms with Crippen LogP contribution >= 0.6 is 0 Å². The van der Waals surface area contributed by atoms with Crippen LogP contribution in [0.15, 0.2) is 24.3 Å². The van der Waals surface area contributed by atoms with Gasteiger partial charge in [0, 0.05) is 38.2 Å². The van der Waals surface area contributed by atoms with E-state index in [4.69, 9.17) is 4.74 Å². The van der Waals surface area contributed by atoms with Crippen LogP contribution in [0.4, 0.5) is 0 Å². The summed E-state index contributed by atoms with van der Waals surface area (Å²) < 4.78 is 5.74. The summed E-state index contributed by atoms with van der Waals surface area (Å²) in [6, 6.07) is 7.89. The summed E-state index contributed by atoms with van der Waals surface area (Å²) in [5.74, 6) is 0.0922. The Labute approximate surface area is 125 Å². The van der Waals surface area contributed by atoms with E-state index in [-0.39, 0.29) is 6.42 Å². The number of hydrogen-bond acceptors (Lipinski definition) is 4. The number of ether oxygens (including phenoxy) is 1. The van der Waals surface area contributed by atoms with Gasteiger partial charge in [0.1, 0.15) is 5.75 Å². The minimum atomic E-state index is -0.745. The third-order valence-electron chi connectivity index (χ3n) is 4.71. The number of benzene rings is 1. The molecule has 1 unspecified atom stereocenters. The molecule has 5 heteroatoms. The van der Waals surface area contributed by atoms with Crippen LogP contribution in [0.2, 0.25) is 0 Å². The van der Waals surface area contributed by atoms with Crippen LogP contribution in [-0.2, 0) is 10.3 Å². The molecule has 1 aromatic rings. The molecule has 2 aliphatic rings. The molecule has 1 aromatic carbocycles. The van der Waals surface area contributed by atoms with Gasteiger partial charge in [-0.1, -0.05) is 18.2 Å². The molecule has 0 radical (unpaired) electrons. The standard InChI is InChI=1S/C16H22N2O3/c1-17-7-9-18(10-8-17)16(12-15(19)20)6-11-21-14-5-3-2-4-13(14)16/h2-5H,6-12H2,1H3,(H,19,20). The highest BCUT2D eigenvalue weighted by molar-refractivity contribution is 5.69. The molecule has 2 aliphatic heterocycles.